The Morgan fingerprint density at radius 3 is 2.70 bits per heavy atom. The van der Waals surface area contributed by atoms with Gasteiger partial charge in [0.15, 0.2) is 0 Å². The molecule has 1 aromatic carbocycles. The van der Waals surface area contributed by atoms with Crippen LogP contribution in [0.5, 0.6) is 5.75 Å². The second kappa shape index (κ2) is 5.72. The Kier molecular flexibility index (Phi) is 3.73. The van der Waals surface area contributed by atoms with Crippen molar-refractivity contribution < 1.29 is 14.3 Å². The van der Waals surface area contributed by atoms with Gasteiger partial charge in [-0.05, 0) is 43.7 Å². The molecule has 0 radical (unpaired) electrons. The number of ether oxygens (including phenoxy) is 1. The smallest absolute Gasteiger partial charge is 0.278 e. The summed E-state index contributed by atoms with van der Waals surface area (Å²) in [5.41, 5.74) is -0.158. The number of hydrogen-bond acceptors (Lipinski definition) is 4. The average Bonchev–Trinajstić information content (AvgIpc) is 2.56. The average molecular weight is 311 g/mol. The molecule has 0 fully saturated rings. The molecule has 2 aromatic rings. The molecule has 2 atom stereocenters. The molecular formula is C17H17N3O3. The molecular weight excluding hydrogens is 294 g/mol. The zero-order chi connectivity index (χ0) is 16.4. The summed E-state index contributed by atoms with van der Waals surface area (Å²) in [6.45, 7) is 3.30. The Balaban J connectivity index is 1.80. The maximum atomic E-state index is 12.6. The zero-order valence-electron chi connectivity index (χ0n) is 12.9. The van der Waals surface area contributed by atoms with Crippen LogP contribution >= 0.6 is 0 Å². The van der Waals surface area contributed by atoms with Crippen molar-refractivity contribution in [2.75, 3.05) is 5.32 Å². The number of fused-ring (bicyclic) bond motifs is 1. The van der Waals surface area contributed by atoms with Crippen molar-refractivity contribution in [1.82, 2.24) is 10.3 Å². The van der Waals surface area contributed by atoms with Crippen molar-refractivity contribution in [1.29, 1.82) is 0 Å². The molecule has 2 amide bonds. The van der Waals surface area contributed by atoms with E-state index in [1.807, 2.05) is 19.1 Å². The van der Waals surface area contributed by atoms with Crippen molar-refractivity contribution in [3.63, 3.8) is 0 Å². The van der Waals surface area contributed by atoms with E-state index < -0.39 is 17.4 Å². The summed E-state index contributed by atoms with van der Waals surface area (Å²) < 4.78 is 5.69. The quantitative estimate of drug-likeness (QED) is 0.850. The van der Waals surface area contributed by atoms with Crippen LogP contribution in [-0.2, 0) is 9.59 Å². The summed E-state index contributed by atoms with van der Waals surface area (Å²) in [5, 5.41) is 5.52. The molecule has 0 aliphatic carbocycles. The topological polar surface area (TPSA) is 80.3 Å². The minimum Gasteiger partial charge on any atom is -0.466 e. The number of rotatable bonds is 3. The number of anilines is 1. The lowest BCUT2D eigenvalue weighted by atomic mass is 10.0. The van der Waals surface area contributed by atoms with Crippen molar-refractivity contribution in [3.8, 4) is 5.75 Å². The van der Waals surface area contributed by atoms with Crippen molar-refractivity contribution in [2.45, 2.75) is 25.5 Å². The first-order valence-corrected chi connectivity index (χ1v) is 7.31. The normalized spacial score (nSPS) is 20.7. The highest BCUT2D eigenvalue weighted by atomic mass is 16.5. The van der Waals surface area contributed by atoms with Crippen LogP contribution in [0, 0.1) is 0 Å². The predicted molar refractivity (Wildman–Crippen MR) is 84.9 cm³/mol. The predicted octanol–water partition coefficient (Wildman–Crippen LogP) is 2.05. The minimum absolute atomic E-state index is 0.268. The molecule has 0 saturated carbocycles. The van der Waals surface area contributed by atoms with Gasteiger partial charge in [-0.2, -0.15) is 0 Å². The summed E-state index contributed by atoms with van der Waals surface area (Å²) in [6.07, 6.45) is 3.31. The lowest BCUT2D eigenvalue weighted by Crippen LogP contribution is -2.59. The zero-order valence-corrected chi connectivity index (χ0v) is 12.9. The highest BCUT2D eigenvalue weighted by Gasteiger charge is 2.47. The van der Waals surface area contributed by atoms with E-state index in [0.717, 1.165) is 5.56 Å². The summed E-state index contributed by atoms with van der Waals surface area (Å²) in [4.78, 5) is 28.9. The molecule has 0 saturated heterocycles. The first-order chi connectivity index (χ1) is 11.0. The molecule has 23 heavy (non-hydrogen) atoms. The van der Waals surface area contributed by atoms with Gasteiger partial charge in [0.2, 0.25) is 0 Å². The van der Waals surface area contributed by atoms with Crippen molar-refractivity contribution in [2.24, 2.45) is 0 Å². The van der Waals surface area contributed by atoms with Gasteiger partial charge in [-0.3, -0.25) is 14.6 Å². The number of pyridine rings is 1. The molecule has 0 spiro atoms. The number of amides is 2. The number of hydrogen-bond donors (Lipinski definition) is 2. The van der Waals surface area contributed by atoms with Crippen LogP contribution < -0.4 is 15.4 Å². The fourth-order valence-electron chi connectivity index (χ4n) is 2.39. The summed E-state index contributed by atoms with van der Waals surface area (Å²) in [5.74, 6) is -0.509. The molecule has 2 N–H and O–H groups in total. The number of carbonyl (C=O) groups is 2. The van der Waals surface area contributed by atoms with E-state index in [1.165, 1.54) is 6.92 Å². The first kappa shape index (κ1) is 15.0. The Hall–Kier alpha value is -2.89. The van der Waals surface area contributed by atoms with Crippen LogP contribution in [0.2, 0.25) is 0 Å². The van der Waals surface area contributed by atoms with Crippen LogP contribution in [0.4, 0.5) is 5.69 Å². The number of nitrogens with one attached hydrogen (secondary N) is 2. The maximum Gasteiger partial charge on any atom is 0.278 e. The first-order valence-electron chi connectivity index (χ1n) is 7.31. The largest absolute Gasteiger partial charge is 0.466 e. The molecule has 6 nitrogen and oxygen atoms in total. The SMILES string of the molecule is CC(NC(=O)C1(C)Oc2ccccc2NC1=O)c1ccncc1. The van der Waals surface area contributed by atoms with Crippen LogP contribution in [0.1, 0.15) is 25.5 Å². The standard InChI is InChI=1S/C17H17N3O3/c1-11(12-7-9-18-10-8-12)19-15(21)17(2)16(22)20-13-5-3-4-6-14(13)23-17/h3-11H,1-2H3,(H,19,21)(H,20,22). The third kappa shape index (κ3) is 2.75. The lowest BCUT2D eigenvalue weighted by Gasteiger charge is -2.34. The molecule has 118 valence electrons. The Morgan fingerprint density at radius 2 is 1.96 bits per heavy atom. The van der Waals surface area contributed by atoms with Gasteiger partial charge >= 0.3 is 0 Å². The summed E-state index contributed by atoms with van der Waals surface area (Å²) >= 11 is 0. The Bertz CT molecular complexity index is 748. The van der Waals surface area contributed by atoms with E-state index in [-0.39, 0.29) is 6.04 Å². The summed E-state index contributed by atoms with van der Waals surface area (Å²) in [7, 11) is 0. The number of carbonyl (C=O) groups excluding carboxylic acids is 2. The fraction of sp³-hybridized carbons (Fsp3) is 0.235. The van der Waals surface area contributed by atoms with Gasteiger partial charge in [-0.1, -0.05) is 12.1 Å². The second-order valence-electron chi connectivity index (χ2n) is 5.56. The molecule has 1 aromatic heterocycles. The molecule has 2 heterocycles. The van der Waals surface area contributed by atoms with Gasteiger partial charge in [-0.25, -0.2) is 0 Å². The second-order valence-corrected chi connectivity index (χ2v) is 5.56. The number of para-hydroxylation sites is 2. The molecule has 6 heteroatoms. The van der Waals surface area contributed by atoms with Gasteiger partial charge in [0, 0.05) is 12.4 Å². The number of aromatic nitrogens is 1. The molecule has 1 aliphatic heterocycles. The minimum atomic E-state index is -1.62. The fourth-order valence-corrected chi connectivity index (χ4v) is 2.39. The van der Waals surface area contributed by atoms with E-state index in [1.54, 1.807) is 36.7 Å². The molecule has 3 rings (SSSR count). The Morgan fingerprint density at radius 1 is 1.26 bits per heavy atom. The van der Waals surface area contributed by atoms with E-state index >= 15 is 0 Å². The van der Waals surface area contributed by atoms with E-state index in [4.69, 9.17) is 4.74 Å². The molecule has 1 aliphatic rings. The third-order valence-corrected chi connectivity index (χ3v) is 3.87. The van der Waals surface area contributed by atoms with Crippen LogP contribution in [-0.4, -0.2) is 22.4 Å². The van der Waals surface area contributed by atoms with E-state index in [2.05, 4.69) is 15.6 Å². The van der Waals surface area contributed by atoms with Crippen molar-refractivity contribution >= 4 is 17.5 Å². The van der Waals surface area contributed by atoms with Gasteiger partial charge < -0.3 is 15.4 Å². The van der Waals surface area contributed by atoms with Gasteiger partial charge in [0.25, 0.3) is 17.4 Å². The molecule has 2 unspecified atom stereocenters. The lowest BCUT2D eigenvalue weighted by molar-refractivity contribution is -0.147. The number of nitrogens with zero attached hydrogens (tertiary/aromatic N) is 1. The number of benzene rings is 1. The van der Waals surface area contributed by atoms with Gasteiger partial charge in [0.05, 0.1) is 11.7 Å². The van der Waals surface area contributed by atoms with Gasteiger partial charge in [0.1, 0.15) is 5.75 Å². The van der Waals surface area contributed by atoms with Crippen LogP contribution in [0.25, 0.3) is 0 Å². The Labute approximate surface area is 133 Å². The van der Waals surface area contributed by atoms with Crippen molar-refractivity contribution in [3.05, 3.63) is 54.4 Å². The summed E-state index contributed by atoms with van der Waals surface area (Å²) in [6, 6.07) is 10.4. The van der Waals surface area contributed by atoms with Gasteiger partial charge in [-0.15, -0.1) is 0 Å². The van der Waals surface area contributed by atoms with E-state index in [0.29, 0.717) is 11.4 Å². The van der Waals surface area contributed by atoms with E-state index in [9.17, 15) is 9.59 Å². The monoisotopic (exact) mass is 311 g/mol. The van der Waals surface area contributed by atoms with Crippen LogP contribution in [0.15, 0.2) is 48.8 Å². The maximum absolute atomic E-state index is 12.6. The third-order valence-electron chi connectivity index (χ3n) is 3.87. The highest BCUT2D eigenvalue weighted by molar-refractivity contribution is 6.15. The van der Waals surface area contributed by atoms with Crippen LogP contribution in [0.3, 0.4) is 0 Å². The molecule has 0 bridgehead atoms. The highest BCUT2D eigenvalue weighted by Crippen LogP contribution is 2.33.